The molecule has 2 aromatic rings. The first-order chi connectivity index (χ1) is 10.4. The molecule has 1 aliphatic rings. The molecule has 0 aromatic heterocycles. The summed E-state index contributed by atoms with van der Waals surface area (Å²) in [6.07, 6.45) is 1.13. The van der Waals surface area contributed by atoms with Crippen molar-refractivity contribution in [1.29, 1.82) is 0 Å². The predicted molar refractivity (Wildman–Crippen MR) is 86.5 cm³/mol. The van der Waals surface area contributed by atoms with Crippen LogP contribution in [0.15, 0.2) is 54.6 Å². The minimum Gasteiger partial charge on any atom is -0.380 e. The Morgan fingerprint density at radius 2 is 1.81 bits per heavy atom. The normalized spacial score (nSPS) is 18.4. The van der Waals surface area contributed by atoms with Gasteiger partial charge in [0.05, 0.1) is 12.6 Å². The maximum absolute atomic E-state index is 5.57. The molecule has 0 bridgehead atoms. The molecule has 0 N–H and O–H groups in total. The van der Waals surface area contributed by atoms with Crippen molar-refractivity contribution in [2.75, 3.05) is 26.3 Å². The van der Waals surface area contributed by atoms with Gasteiger partial charge in [0.2, 0.25) is 0 Å². The van der Waals surface area contributed by atoms with Crippen LogP contribution < -0.4 is 0 Å². The van der Waals surface area contributed by atoms with E-state index in [0.717, 1.165) is 32.7 Å². The predicted octanol–water partition coefficient (Wildman–Crippen LogP) is 3.67. The van der Waals surface area contributed by atoms with Crippen LogP contribution in [0.1, 0.15) is 29.7 Å². The lowest BCUT2D eigenvalue weighted by Crippen LogP contribution is -2.38. The molecular weight excluding hydrogens is 258 g/mol. The zero-order valence-electron chi connectivity index (χ0n) is 12.7. The molecule has 1 atom stereocenters. The molecule has 1 aliphatic heterocycles. The summed E-state index contributed by atoms with van der Waals surface area (Å²) in [4.78, 5) is 2.55. The molecule has 0 saturated carbocycles. The van der Waals surface area contributed by atoms with Gasteiger partial charge < -0.3 is 4.74 Å². The van der Waals surface area contributed by atoms with E-state index in [1.54, 1.807) is 0 Å². The first kappa shape index (κ1) is 14.3. The van der Waals surface area contributed by atoms with Gasteiger partial charge in [-0.25, -0.2) is 0 Å². The second-order valence-electron chi connectivity index (χ2n) is 5.49. The standard InChI is InChI=1S/C19H23NO/c1-2-21-15-14-20-13-12-16-8-6-7-11-18(16)19(20)17-9-4-3-5-10-17/h3-11,19H,2,12-15H2,1H3/t19-/m0/s1. The molecule has 3 rings (SSSR count). The number of rotatable bonds is 5. The molecule has 0 fully saturated rings. The monoisotopic (exact) mass is 281 g/mol. The summed E-state index contributed by atoms with van der Waals surface area (Å²) in [6, 6.07) is 20.0. The second-order valence-corrected chi connectivity index (χ2v) is 5.49. The van der Waals surface area contributed by atoms with Gasteiger partial charge in [0, 0.05) is 19.7 Å². The van der Waals surface area contributed by atoms with Gasteiger partial charge in [-0.1, -0.05) is 54.6 Å². The Bertz CT molecular complexity index is 567. The van der Waals surface area contributed by atoms with Gasteiger partial charge in [-0.3, -0.25) is 4.90 Å². The third-order valence-electron chi connectivity index (χ3n) is 4.23. The van der Waals surface area contributed by atoms with Gasteiger partial charge in [-0.15, -0.1) is 0 Å². The number of benzene rings is 2. The van der Waals surface area contributed by atoms with Crippen molar-refractivity contribution in [3.05, 3.63) is 71.3 Å². The number of ether oxygens (including phenoxy) is 1. The maximum Gasteiger partial charge on any atom is 0.0605 e. The molecule has 0 radical (unpaired) electrons. The van der Waals surface area contributed by atoms with Crippen molar-refractivity contribution < 1.29 is 4.74 Å². The van der Waals surface area contributed by atoms with E-state index in [2.05, 4.69) is 66.4 Å². The molecule has 0 saturated heterocycles. The van der Waals surface area contributed by atoms with Gasteiger partial charge in [-0.05, 0) is 30.0 Å². The molecule has 2 heteroatoms. The van der Waals surface area contributed by atoms with Crippen LogP contribution in [-0.2, 0) is 11.2 Å². The van der Waals surface area contributed by atoms with Crippen LogP contribution in [0.5, 0.6) is 0 Å². The van der Waals surface area contributed by atoms with Crippen LogP contribution in [0.4, 0.5) is 0 Å². The second kappa shape index (κ2) is 6.88. The van der Waals surface area contributed by atoms with Gasteiger partial charge in [0.25, 0.3) is 0 Å². The van der Waals surface area contributed by atoms with E-state index in [1.807, 2.05) is 0 Å². The molecular formula is C19H23NO. The van der Waals surface area contributed by atoms with E-state index in [9.17, 15) is 0 Å². The number of hydrogen-bond donors (Lipinski definition) is 0. The first-order valence-electron chi connectivity index (χ1n) is 7.84. The van der Waals surface area contributed by atoms with Gasteiger partial charge in [-0.2, -0.15) is 0 Å². The third kappa shape index (κ3) is 3.17. The molecule has 0 spiro atoms. The average molecular weight is 281 g/mol. The fraction of sp³-hybridized carbons (Fsp3) is 0.368. The summed E-state index contributed by atoms with van der Waals surface area (Å²) in [7, 11) is 0. The summed E-state index contributed by atoms with van der Waals surface area (Å²) in [5, 5.41) is 0. The highest BCUT2D eigenvalue weighted by Crippen LogP contribution is 2.34. The molecule has 21 heavy (non-hydrogen) atoms. The lowest BCUT2D eigenvalue weighted by atomic mass is 9.88. The molecule has 0 amide bonds. The Morgan fingerprint density at radius 1 is 1.05 bits per heavy atom. The quantitative estimate of drug-likeness (QED) is 0.775. The Hall–Kier alpha value is -1.64. The largest absolute Gasteiger partial charge is 0.380 e. The summed E-state index contributed by atoms with van der Waals surface area (Å²) in [5.41, 5.74) is 4.31. The van der Waals surface area contributed by atoms with Crippen molar-refractivity contribution in [2.24, 2.45) is 0 Å². The van der Waals surface area contributed by atoms with E-state index in [4.69, 9.17) is 4.74 Å². The highest BCUT2D eigenvalue weighted by molar-refractivity contribution is 5.39. The SMILES string of the molecule is CCOCCN1CCc2ccccc2[C@@H]1c1ccccc1. The van der Waals surface area contributed by atoms with Crippen LogP contribution in [0.3, 0.4) is 0 Å². The highest BCUT2D eigenvalue weighted by atomic mass is 16.5. The zero-order valence-corrected chi connectivity index (χ0v) is 12.7. The minimum absolute atomic E-state index is 0.358. The van der Waals surface area contributed by atoms with E-state index < -0.39 is 0 Å². The topological polar surface area (TPSA) is 12.5 Å². The van der Waals surface area contributed by atoms with Crippen LogP contribution >= 0.6 is 0 Å². The highest BCUT2D eigenvalue weighted by Gasteiger charge is 2.27. The molecule has 2 nitrogen and oxygen atoms in total. The number of hydrogen-bond acceptors (Lipinski definition) is 2. The Balaban J connectivity index is 1.91. The van der Waals surface area contributed by atoms with Crippen molar-refractivity contribution in [3.63, 3.8) is 0 Å². The summed E-state index contributed by atoms with van der Waals surface area (Å²) >= 11 is 0. The van der Waals surface area contributed by atoms with Crippen LogP contribution in [0.2, 0.25) is 0 Å². The number of nitrogens with zero attached hydrogens (tertiary/aromatic N) is 1. The van der Waals surface area contributed by atoms with Gasteiger partial charge in [0.15, 0.2) is 0 Å². The van der Waals surface area contributed by atoms with Gasteiger partial charge in [0.1, 0.15) is 0 Å². The molecule has 1 heterocycles. The molecule has 0 aliphatic carbocycles. The van der Waals surface area contributed by atoms with Crippen molar-refractivity contribution in [2.45, 2.75) is 19.4 Å². The van der Waals surface area contributed by atoms with E-state index in [1.165, 1.54) is 16.7 Å². The fourth-order valence-corrected chi connectivity index (χ4v) is 3.21. The minimum atomic E-state index is 0.358. The Labute approximate surface area is 127 Å². The van der Waals surface area contributed by atoms with Gasteiger partial charge >= 0.3 is 0 Å². The zero-order chi connectivity index (χ0) is 14.5. The van der Waals surface area contributed by atoms with E-state index in [-0.39, 0.29) is 0 Å². The Kier molecular flexibility index (Phi) is 4.69. The summed E-state index contributed by atoms with van der Waals surface area (Å²) < 4.78 is 5.57. The smallest absolute Gasteiger partial charge is 0.0605 e. The van der Waals surface area contributed by atoms with Crippen LogP contribution in [0.25, 0.3) is 0 Å². The fourth-order valence-electron chi connectivity index (χ4n) is 3.21. The lowest BCUT2D eigenvalue weighted by molar-refractivity contribution is 0.0983. The average Bonchev–Trinajstić information content (AvgIpc) is 2.55. The number of fused-ring (bicyclic) bond motifs is 1. The third-order valence-corrected chi connectivity index (χ3v) is 4.23. The van der Waals surface area contributed by atoms with Crippen LogP contribution in [-0.4, -0.2) is 31.2 Å². The first-order valence-corrected chi connectivity index (χ1v) is 7.84. The van der Waals surface area contributed by atoms with Crippen molar-refractivity contribution in [1.82, 2.24) is 4.90 Å². The molecule has 2 aromatic carbocycles. The maximum atomic E-state index is 5.57. The summed E-state index contributed by atoms with van der Waals surface area (Å²) in [6.45, 7) is 5.74. The van der Waals surface area contributed by atoms with E-state index in [0.29, 0.717) is 6.04 Å². The van der Waals surface area contributed by atoms with Crippen molar-refractivity contribution in [3.8, 4) is 0 Å². The molecule has 0 unspecified atom stereocenters. The van der Waals surface area contributed by atoms with Crippen molar-refractivity contribution >= 4 is 0 Å². The Morgan fingerprint density at radius 3 is 2.62 bits per heavy atom. The van der Waals surface area contributed by atoms with E-state index >= 15 is 0 Å². The lowest BCUT2D eigenvalue weighted by Gasteiger charge is -2.37. The van der Waals surface area contributed by atoms with Crippen LogP contribution in [0, 0.1) is 0 Å². The summed E-state index contributed by atoms with van der Waals surface area (Å²) in [5.74, 6) is 0. The molecule has 110 valence electrons.